The highest BCUT2D eigenvalue weighted by molar-refractivity contribution is 5.81. The van der Waals surface area contributed by atoms with E-state index in [1.807, 2.05) is 13.0 Å². The fourth-order valence-corrected chi connectivity index (χ4v) is 4.09. The van der Waals surface area contributed by atoms with Crippen LogP contribution in [-0.4, -0.2) is 46.6 Å². The van der Waals surface area contributed by atoms with Gasteiger partial charge in [0.2, 0.25) is 12.3 Å². The van der Waals surface area contributed by atoms with E-state index < -0.39 is 0 Å². The summed E-state index contributed by atoms with van der Waals surface area (Å²) in [7, 11) is 1.57. The van der Waals surface area contributed by atoms with Gasteiger partial charge in [-0.2, -0.15) is 0 Å². The van der Waals surface area contributed by atoms with Crippen molar-refractivity contribution in [3.05, 3.63) is 83.9 Å². The number of amides is 1. The number of benzene rings is 1. The molecule has 1 atom stereocenters. The smallest absolute Gasteiger partial charge is 0.231 e. The monoisotopic (exact) mass is 447 g/mol. The minimum absolute atomic E-state index is 0.0119. The van der Waals surface area contributed by atoms with E-state index in [1.54, 1.807) is 30.5 Å². The van der Waals surface area contributed by atoms with Crippen LogP contribution in [0.3, 0.4) is 0 Å². The van der Waals surface area contributed by atoms with Gasteiger partial charge in [0.1, 0.15) is 0 Å². The van der Waals surface area contributed by atoms with Crippen molar-refractivity contribution in [2.24, 2.45) is 5.92 Å². The van der Waals surface area contributed by atoms with Crippen LogP contribution in [0, 0.1) is 12.8 Å². The van der Waals surface area contributed by atoms with E-state index in [4.69, 9.17) is 4.74 Å². The number of aryl methyl sites for hydroxylation is 1. The van der Waals surface area contributed by atoms with Crippen LogP contribution in [-0.2, 0) is 11.4 Å². The van der Waals surface area contributed by atoms with E-state index in [0.717, 1.165) is 53.9 Å². The average molecular weight is 448 g/mol. The SMILES string of the molecule is C=C/C=C(\C(=C)C1CC1)c1ccc(C2CCN(C=O)C2)c(CO)c1.COc1cnc(C)cn1. The van der Waals surface area contributed by atoms with Gasteiger partial charge in [-0.05, 0) is 66.0 Å². The van der Waals surface area contributed by atoms with Crippen molar-refractivity contribution >= 4 is 12.0 Å². The maximum atomic E-state index is 10.9. The van der Waals surface area contributed by atoms with Crippen molar-refractivity contribution in [2.75, 3.05) is 20.2 Å². The Morgan fingerprint density at radius 2 is 2.06 bits per heavy atom. The van der Waals surface area contributed by atoms with Crippen LogP contribution in [0.2, 0.25) is 0 Å². The molecule has 1 saturated carbocycles. The quantitative estimate of drug-likeness (QED) is 0.478. The minimum atomic E-state index is 0.0119. The number of carbonyl (C=O) groups excluding carboxylic acids is 1. The molecule has 1 saturated heterocycles. The van der Waals surface area contributed by atoms with Crippen LogP contribution in [0.15, 0.2) is 61.5 Å². The summed E-state index contributed by atoms with van der Waals surface area (Å²) in [5.74, 6) is 1.45. The topological polar surface area (TPSA) is 75.6 Å². The number of nitrogens with zero attached hydrogens (tertiary/aromatic N) is 3. The van der Waals surface area contributed by atoms with E-state index in [2.05, 4.69) is 41.3 Å². The Hall–Kier alpha value is -3.25. The maximum Gasteiger partial charge on any atom is 0.231 e. The highest BCUT2D eigenvalue weighted by Gasteiger charge is 2.28. The number of hydrogen-bond donors (Lipinski definition) is 1. The molecule has 1 aromatic carbocycles. The number of likely N-dealkylation sites (tertiary alicyclic amines) is 1. The van der Waals surface area contributed by atoms with Gasteiger partial charge in [0, 0.05) is 19.0 Å². The van der Waals surface area contributed by atoms with Crippen molar-refractivity contribution in [2.45, 2.75) is 38.7 Å². The zero-order valence-electron chi connectivity index (χ0n) is 19.5. The van der Waals surface area contributed by atoms with Gasteiger partial charge in [0.15, 0.2) is 0 Å². The predicted molar refractivity (Wildman–Crippen MR) is 131 cm³/mol. The molecule has 174 valence electrons. The number of allylic oxidation sites excluding steroid dienone is 4. The summed E-state index contributed by atoms with van der Waals surface area (Å²) in [4.78, 5) is 20.6. The first-order chi connectivity index (χ1) is 16.0. The van der Waals surface area contributed by atoms with Gasteiger partial charge >= 0.3 is 0 Å². The normalized spacial score (nSPS) is 17.7. The van der Waals surface area contributed by atoms with E-state index in [1.165, 1.54) is 18.4 Å². The first kappa shape index (κ1) is 24.4. The third-order valence-corrected chi connectivity index (χ3v) is 6.10. The van der Waals surface area contributed by atoms with Crippen molar-refractivity contribution in [1.29, 1.82) is 0 Å². The number of aliphatic hydroxyl groups excluding tert-OH is 1. The zero-order chi connectivity index (χ0) is 23.8. The van der Waals surface area contributed by atoms with Crippen molar-refractivity contribution in [3.8, 4) is 5.88 Å². The molecule has 1 N–H and O–H groups in total. The second-order valence-electron chi connectivity index (χ2n) is 8.47. The van der Waals surface area contributed by atoms with Gasteiger partial charge < -0.3 is 14.7 Å². The zero-order valence-corrected chi connectivity index (χ0v) is 19.5. The molecular formula is C27H33N3O3. The standard InChI is InChI=1S/C21H25NO2.C6H8N2O/c1-3-4-20(15(2)16-5-6-16)17-7-8-21(19(11-17)13-23)18-9-10-22(12-18)14-24;1-5-3-8-6(9-2)4-7-5/h3-4,7-8,11,14,16,18,23H,1-2,5-6,9-10,12-13H2;3-4H,1-2H3/b20-4+;. The Labute approximate surface area is 196 Å². The lowest BCUT2D eigenvalue weighted by atomic mass is 9.88. The third kappa shape index (κ3) is 6.39. The van der Waals surface area contributed by atoms with Crippen molar-refractivity contribution in [1.82, 2.24) is 14.9 Å². The summed E-state index contributed by atoms with van der Waals surface area (Å²) >= 11 is 0. The number of aliphatic hydroxyl groups is 1. The molecule has 1 amide bonds. The summed E-state index contributed by atoms with van der Waals surface area (Å²) < 4.78 is 4.80. The molecule has 1 aromatic heterocycles. The van der Waals surface area contributed by atoms with Crippen LogP contribution in [0.4, 0.5) is 0 Å². The lowest BCUT2D eigenvalue weighted by molar-refractivity contribution is -0.117. The molecule has 2 fully saturated rings. The molecule has 6 nitrogen and oxygen atoms in total. The van der Waals surface area contributed by atoms with Gasteiger partial charge in [-0.15, -0.1) is 0 Å². The van der Waals surface area contributed by atoms with Gasteiger partial charge in [0.25, 0.3) is 0 Å². The number of hydrogen-bond acceptors (Lipinski definition) is 5. The van der Waals surface area contributed by atoms with Gasteiger partial charge in [0.05, 0.1) is 31.8 Å². The van der Waals surface area contributed by atoms with E-state index in [-0.39, 0.29) is 6.61 Å². The number of ether oxygens (including phenoxy) is 1. The van der Waals surface area contributed by atoms with Crippen LogP contribution >= 0.6 is 0 Å². The predicted octanol–water partition coefficient (Wildman–Crippen LogP) is 4.45. The van der Waals surface area contributed by atoms with Gasteiger partial charge in [-0.1, -0.05) is 37.4 Å². The molecule has 0 radical (unpaired) electrons. The van der Waals surface area contributed by atoms with Gasteiger partial charge in [-0.3, -0.25) is 9.78 Å². The Morgan fingerprint density at radius 3 is 2.61 bits per heavy atom. The minimum Gasteiger partial charge on any atom is -0.480 e. The van der Waals surface area contributed by atoms with E-state index >= 15 is 0 Å². The highest BCUT2D eigenvalue weighted by atomic mass is 16.5. The largest absolute Gasteiger partial charge is 0.480 e. The third-order valence-electron chi connectivity index (χ3n) is 6.10. The second kappa shape index (κ2) is 11.6. The molecule has 2 aliphatic rings. The Morgan fingerprint density at radius 1 is 1.27 bits per heavy atom. The van der Waals surface area contributed by atoms with Crippen LogP contribution in [0.25, 0.3) is 5.57 Å². The fraction of sp³-hybridized carbons (Fsp3) is 0.370. The molecule has 0 bridgehead atoms. The van der Waals surface area contributed by atoms with Crippen molar-refractivity contribution in [3.63, 3.8) is 0 Å². The second-order valence-corrected chi connectivity index (χ2v) is 8.47. The molecule has 2 heterocycles. The lowest BCUT2D eigenvalue weighted by Crippen LogP contribution is -2.18. The Kier molecular flexibility index (Phi) is 8.55. The first-order valence-corrected chi connectivity index (χ1v) is 11.3. The number of aromatic nitrogens is 2. The molecule has 0 spiro atoms. The maximum absolute atomic E-state index is 10.9. The van der Waals surface area contributed by atoms with Crippen LogP contribution in [0.5, 0.6) is 5.88 Å². The summed E-state index contributed by atoms with van der Waals surface area (Å²) in [5.41, 5.74) is 6.37. The first-order valence-electron chi connectivity index (χ1n) is 11.3. The average Bonchev–Trinajstić information content (AvgIpc) is 3.59. The molecule has 1 unspecified atom stereocenters. The molecule has 33 heavy (non-hydrogen) atoms. The molecule has 1 aliphatic heterocycles. The summed E-state index contributed by atoms with van der Waals surface area (Å²) in [5, 5.41) is 9.85. The summed E-state index contributed by atoms with van der Waals surface area (Å²) in [6.45, 7) is 11.5. The molecule has 6 heteroatoms. The number of carbonyl (C=O) groups is 1. The number of rotatable bonds is 8. The lowest BCUT2D eigenvalue weighted by Gasteiger charge is -2.18. The van der Waals surface area contributed by atoms with E-state index in [9.17, 15) is 9.90 Å². The Balaban J connectivity index is 0.000000286. The van der Waals surface area contributed by atoms with E-state index in [0.29, 0.717) is 17.7 Å². The van der Waals surface area contributed by atoms with Crippen LogP contribution < -0.4 is 4.74 Å². The van der Waals surface area contributed by atoms with Crippen LogP contribution in [0.1, 0.15) is 47.6 Å². The van der Waals surface area contributed by atoms with Crippen molar-refractivity contribution < 1.29 is 14.6 Å². The molecule has 2 aromatic rings. The highest BCUT2D eigenvalue weighted by Crippen LogP contribution is 2.42. The Bertz CT molecular complexity index is 1010. The molecular weight excluding hydrogens is 414 g/mol. The fourth-order valence-electron chi connectivity index (χ4n) is 4.09. The summed E-state index contributed by atoms with van der Waals surface area (Å²) in [6.07, 6.45) is 11.4. The summed E-state index contributed by atoms with van der Waals surface area (Å²) in [6, 6.07) is 6.29. The molecule has 1 aliphatic carbocycles. The number of methoxy groups -OCH3 is 1. The molecule has 4 rings (SSSR count). The van der Waals surface area contributed by atoms with Gasteiger partial charge in [-0.25, -0.2) is 4.98 Å².